The third-order valence-electron chi connectivity index (χ3n) is 3.25. The van der Waals surface area contributed by atoms with Gasteiger partial charge in [-0.25, -0.2) is 8.93 Å². The normalized spacial score (nSPS) is 12.0. The van der Waals surface area contributed by atoms with Gasteiger partial charge in [0.1, 0.15) is 17.5 Å². The molecule has 3 N–H and O–H groups in total. The number of tetrazole rings is 1. The van der Waals surface area contributed by atoms with Gasteiger partial charge >= 0.3 is 0 Å². The van der Waals surface area contributed by atoms with Gasteiger partial charge in [-0.1, -0.05) is 11.6 Å². The molecule has 3 aromatic rings. The van der Waals surface area contributed by atoms with Crippen LogP contribution < -0.4 is 10.5 Å². The molecule has 26 heavy (non-hydrogen) atoms. The molecule has 0 spiro atoms. The summed E-state index contributed by atoms with van der Waals surface area (Å²) in [4.78, 5) is 16.8. The maximum Gasteiger partial charge on any atom is 0.232 e. The Morgan fingerprint density at radius 3 is 2.65 bits per heavy atom. The maximum absolute atomic E-state index is 12.0. The van der Waals surface area contributed by atoms with Crippen LogP contribution in [0.15, 0.2) is 47.5 Å². The molecule has 0 bridgehead atoms. The number of primary amides is 1. The highest BCUT2D eigenvalue weighted by atomic mass is 35.5. The van der Waals surface area contributed by atoms with Gasteiger partial charge in [-0.15, -0.1) is 10.2 Å². The van der Waals surface area contributed by atoms with Crippen LogP contribution in [0.25, 0.3) is 11.4 Å². The quantitative estimate of drug-likeness (QED) is 0.604. The second-order valence-corrected chi connectivity index (χ2v) is 6.93. The van der Waals surface area contributed by atoms with Crippen LogP contribution in [-0.4, -0.2) is 41.9 Å². The molecular formula is C15H14ClN7O2S. The lowest BCUT2D eigenvalue weighted by molar-refractivity contribution is -0.116. The number of hydrogen-bond acceptors (Lipinski definition) is 6. The molecule has 0 aliphatic carbocycles. The van der Waals surface area contributed by atoms with Crippen molar-refractivity contribution in [3.63, 3.8) is 0 Å². The highest BCUT2D eigenvalue weighted by Crippen LogP contribution is 2.16. The molecule has 1 unspecified atom stereocenters. The van der Waals surface area contributed by atoms with Crippen molar-refractivity contribution in [1.29, 1.82) is 0 Å². The van der Waals surface area contributed by atoms with E-state index in [1.54, 1.807) is 42.6 Å². The van der Waals surface area contributed by atoms with E-state index in [0.717, 1.165) is 11.3 Å². The van der Waals surface area contributed by atoms with E-state index in [-0.39, 0.29) is 6.54 Å². The number of hydrogen-bond donors (Lipinski definition) is 2. The summed E-state index contributed by atoms with van der Waals surface area (Å²) in [5.74, 6) is -0.146. The first-order valence-corrected chi connectivity index (χ1v) is 8.96. The van der Waals surface area contributed by atoms with Gasteiger partial charge < -0.3 is 5.73 Å². The molecule has 2 aromatic heterocycles. The number of amides is 1. The van der Waals surface area contributed by atoms with Gasteiger partial charge in [-0.3, -0.25) is 9.78 Å². The largest absolute Gasteiger partial charge is 0.369 e. The maximum atomic E-state index is 12.0. The topological polar surface area (TPSA) is 129 Å². The highest BCUT2D eigenvalue weighted by molar-refractivity contribution is 7.83. The summed E-state index contributed by atoms with van der Waals surface area (Å²) in [6.45, 7) is 0.201. The number of carbonyl (C=O) groups is 1. The summed E-state index contributed by atoms with van der Waals surface area (Å²) < 4.78 is 14.5. The molecular weight excluding hydrogens is 378 g/mol. The standard InChI is InChI=1S/C15H14ClN7O2S/c16-11-3-4-12(18-7-11)9-23-21-15(20-22-23)10-1-5-13(6-2-10)26(25)19-8-14(17)24/h1-7,19H,8-9H2,(H2,17,24). The number of rotatable bonds is 7. The Morgan fingerprint density at radius 2 is 2.00 bits per heavy atom. The van der Waals surface area contributed by atoms with Gasteiger partial charge in [0.25, 0.3) is 0 Å². The van der Waals surface area contributed by atoms with Gasteiger partial charge in [0.2, 0.25) is 11.7 Å². The number of nitrogens with two attached hydrogens (primary N) is 1. The molecule has 134 valence electrons. The lowest BCUT2D eigenvalue weighted by Gasteiger charge is -2.03. The number of pyridine rings is 1. The zero-order chi connectivity index (χ0) is 18.5. The van der Waals surface area contributed by atoms with Crippen molar-refractivity contribution in [2.75, 3.05) is 6.54 Å². The number of nitrogens with zero attached hydrogens (tertiary/aromatic N) is 5. The predicted molar refractivity (Wildman–Crippen MR) is 95.2 cm³/mol. The zero-order valence-corrected chi connectivity index (χ0v) is 14.9. The second kappa shape index (κ2) is 8.13. The summed E-state index contributed by atoms with van der Waals surface area (Å²) >= 11 is 5.81. The van der Waals surface area contributed by atoms with Crippen molar-refractivity contribution in [1.82, 2.24) is 29.9 Å². The Hall–Kier alpha value is -2.69. The number of benzene rings is 1. The third-order valence-corrected chi connectivity index (χ3v) is 4.58. The van der Waals surface area contributed by atoms with Gasteiger partial charge in [0.05, 0.1) is 22.2 Å². The van der Waals surface area contributed by atoms with Gasteiger partial charge in [-0.2, -0.15) is 4.80 Å². The molecule has 3 rings (SSSR count). The van der Waals surface area contributed by atoms with Gasteiger partial charge in [0, 0.05) is 11.8 Å². The van der Waals surface area contributed by atoms with E-state index in [1.807, 2.05) is 0 Å². The molecule has 1 aromatic carbocycles. The monoisotopic (exact) mass is 391 g/mol. The van der Waals surface area contributed by atoms with Crippen LogP contribution in [0.5, 0.6) is 0 Å². The first-order valence-electron chi connectivity index (χ1n) is 7.43. The molecule has 0 saturated carbocycles. The fourth-order valence-electron chi connectivity index (χ4n) is 2.02. The number of nitrogens with one attached hydrogen (secondary N) is 1. The Balaban J connectivity index is 1.68. The molecule has 1 atom stereocenters. The molecule has 0 saturated heterocycles. The fraction of sp³-hybridized carbons (Fsp3) is 0.133. The van der Waals surface area contributed by atoms with Crippen LogP contribution in [0.1, 0.15) is 5.69 Å². The van der Waals surface area contributed by atoms with Crippen molar-refractivity contribution in [3.8, 4) is 11.4 Å². The molecule has 0 fully saturated rings. The van der Waals surface area contributed by atoms with E-state index in [4.69, 9.17) is 17.3 Å². The number of carbonyl (C=O) groups excluding carboxylic acids is 1. The average molecular weight is 392 g/mol. The summed E-state index contributed by atoms with van der Waals surface area (Å²) in [6, 6.07) is 10.3. The highest BCUT2D eigenvalue weighted by Gasteiger charge is 2.09. The van der Waals surface area contributed by atoms with Crippen LogP contribution in [0.4, 0.5) is 0 Å². The van der Waals surface area contributed by atoms with Crippen molar-refractivity contribution in [2.45, 2.75) is 11.4 Å². The van der Waals surface area contributed by atoms with Gasteiger partial charge in [0.15, 0.2) is 0 Å². The Bertz CT molecular complexity index is 928. The average Bonchev–Trinajstić information content (AvgIpc) is 3.10. The van der Waals surface area contributed by atoms with Crippen LogP contribution >= 0.6 is 11.6 Å². The minimum absolute atomic E-state index is 0.164. The van der Waals surface area contributed by atoms with Crippen LogP contribution in [0.2, 0.25) is 5.02 Å². The predicted octanol–water partition coefficient (Wildman–Crippen LogP) is 0.534. The first-order chi connectivity index (χ1) is 12.5. The number of aromatic nitrogens is 5. The molecule has 0 aliphatic rings. The molecule has 1 amide bonds. The molecule has 0 radical (unpaired) electrons. The summed E-state index contributed by atoms with van der Waals surface area (Å²) in [7, 11) is -1.52. The van der Waals surface area contributed by atoms with E-state index in [2.05, 4.69) is 25.1 Å². The van der Waals surface area contributed by atoms with Crippen molar-refractivity contribution in [2.24, 2.45) is 5.73 Å². The van der Waals surface area contributed by atoms with Crippen LogP contribution in [0.3, 0.4) is 0 Å². The second-order valence-electron chi connectivity index (χ2n) is 5.19. The van der Waals surface area contributed by atoms with Gasteiger partial charge in [-0.05, 0) is 41.6 Å². The summed E-state index contributed by atoms with van der Waals surface area (Å²) in [5.41, 5.74) is 6.48. The summed E-state index contributed by atoms with van der Waals surface area (Å²) in [5, 5.41) is 12.9. The minimum Gasteiger partial charge on any atom is -0.369 e. The number of halogens is 1. The smallest absolute Gasteiger partial charge is 0.232 e. The lowest BCUT2D eigenvalue weighted by Crippen LogP contribution is -2.29. The minimum atomic E-state index is -1.52. The SMILES string of the molecule is NC(=O)CNS(=O)c1ccc(-c2nnn(Cc3ccc(Cl)cn3)n2)cc1. The first kappa shape index (κ1) is 18.1. The molecule has 11 heteroatoms. The Kier molecular flexibility index (Phi) is 5.66. The van der Waals surface area contributed by atoms with Crippen molar-refractivity contribution >= 4 is 28.5 Å². The van der Waals surface area contributed by atoms with Crippen LogP contribution in [0, 0.1) is 0 Å². The van der Waals surface area contributed by atoms with E-state index in [9.17, 15) is 9.00 Å². The fourth-order valence-corrected chi connectivity index (χ4v) is 2.95. The molecule has 9 nitrogen and oxygen atoms in total. The Labute approximate surface area is 156 Å². The zero-order valence-electron chi connectivity index (χ0n) is 13.4. The molecule has 2 heterocycles. The summed E-state index contributed by atoms with van der Waals surface area (Å²) in [6.07, 6.45) is 1.56. The van der Waals surface area contributed by atoms with E-state index in [1.165, 1.54) is 4.80 Å². The van der Waals surface area contributed by atoms with Crippen molar-refractivity contribution < 1.29 is 9.00 Å². The van der Waals surface area contributed by atoms with E-state index >= 15 is 0 Å². The van der Waals surface area contributed by atoms with E-state index < -0.39 is 16.9 Å². The third kappa shape index (κ3) is 4.69. The van der Waals surface area contributed by atoms with Crippen LogP contribution in [-0.2, 0) is 22.3 Å². The Morgan fingerprint density at radius 1 is 1.23 bits per heavy atom. The molecule has 0 aliphatic heterocycles. The van der Waals surface area contributed by atoms with Crippen molar-refractivity contribution in [3.05, 3.63) is 53.3 Å². The lowest BCUT2D eigenvalue weighted by atomic mass is 10.2. The van der Waals surface area contributed by atoms with E-state index in [0.29, 0.717) is 22.3 Å².